The van der Waals surface area contributed by atoms with Crippen LogP contribution >= 0.6 is 0 Å². The zero-order valence-corrected chi connectivity index (χ0v) is 7.21. The fourth-order valence-electron chi connectivity index (χ4n) is 1.57. The van der Waals surface area contributed by atoms with Crippen molar-refractivity contribution in [3.63, 3.8) is 0 Å². The largest absolute Gasteiger partial charge is 0.508 e. The molecule has 1 aromatic rings. The van der Waals surface area contributed by atoms with E-state index in [4.69, 9.17) is 0 Å². The van der Waals surface area contributed by atoms with Crippen molar-refractivity contribution in [3.8, 4) is 5.75 Å². The van der Waals surface area contributed by atoms with Gasteiger partial charge in [0, 0.05) is 12.1 Å². The molecule has 0 aromatic heterocycles. The maximum atomic E-state index is 11.4. The number of phenolic OH excluding ortho intramolecular Hbond substituents is 1. The normalized spacial score (nSPS) is 15.8. The molecule has 13 heavy (non-hydrogen) atoms. The van der Waals surface area contributed by atoms with Gasteiger partial charge in [-0.25, -0.2) is 0 Å². The molecule has 1 aliphatic rings. The van der Waals surface area contributed by atoms with Crippen LogP contribution in [-0.2, 0) is 6.42 Å². The lowest BCUT2D eigenvalue weighted by Crippen LogP contribution is -2.22. The summed E-state index contributed by atoms with van der Waals surface area (Å²) in [4.78, 5) is 11.4. The van der Waals surface area contributed by atoms with Gasteiger partial charge in [0.1, 0.15) is 5.75 Å². The Balaban J connectivity index is 2.49. The molecular weight excluding hydrogens is 166 g/mol. The summed E-state index contributed by atoms with van der Waals surface area (Å²) in [6.07, 6.45) is 1.86. The monoisotopic (exact) mass is 177 g/mol. The van der Waals surface area contributed by atoms with E-state index in [1.54, 1.807) is 6.07 Å². The van der Waals surface area contributed by atoms with E-state index >= 15 is 0 Å². The van der Waals surface area contributed by atoms with Gasteiger partial charge in [-0.2, -0.15) is 0 Å². The van der Waals surface area contributed by atoms with E-state index < -0.39 is 0 Å². The van der Waals surface area contributed by atoms with Crippen molar-refractivity contribution in [1.29, 1.82) is 0 Å². The number of hydrogen-bond donors (Lipinski definition) is 2. The molecule has 0 spiro atoms. The molecule has 1 heterocycles. The lowest BCUT2D eigenvalue weighted by Gasteiger charge is -2.03. The molecular formula is C10H11NO2. The summed E-state index contributed by atoms with van der Waals surface area (Å²) in [5.41, 5.74) is 1.63. The third kappa shape index (κ3) is 1.49. The van der Waals surface area contributed by atoms with Crippen molar-refractivity contribution in [2.75, 3.05) is 6.54 Å². The van der Waals surface area contributed by atoms with Crippen molar-refractivity contribution >= 4 is 5.91 Å². The quantitative estimate of drug-likeness (QED) is 0.622. The highest BCUT2D eigenvalue weighted by Crippen LogP contribution is 2.19. The van der Waals surface area contributed by atoms with Crippen molar-refractivity contribution in [2.45, 2.75) is 12.8 Å². The minimum absolute atomic E-state index is 0.0802. The predicted octanol–water partition coefficient (Wildman–Crippen LogP) is 1.07. The minimum Gasteiger partial charge on any atom is -0.508 e. The summed E-state index contributed by atoms with van der Waals surface area (Å²) < 4.78 is 0. The molecule has 1 aromatic carbocycles. The number of fused-ring (bicyclic) bond motifs is 1. The maximum absolute atomic E-state index is 11.4. The van der Waals surface area contributed by atoms with Crippen LogP contribution in [0.1, 0.15) is 22.3 Å². The predicted molar refractivity (Wildman–Crippen MR) is 48.8 cm³/mol. The summed E-state index contributed by atoms with van der Waals surface area (Å²) >= 11 is 0. The summed E-state index contributed by atoms with van der Waals surface area (Å²) in [5.74, 6) is 0.0687. The van der Waals surface area contributed by atoms with Crippen molar-refractivity contribution in [1.82, 2.24) is 5.32 Å². The Bertz CT molecular complexity index is 347. The van der Waals surface area contributed by atoms with Crippen LogP contribution < -0.4 is 5.32 Å². The van der Waals surface area contributed by atoms with Crippen molar-refractivity contribution < 1.29 is 9.90 Å². The number of hydrogen-bond acceptors (Lipinski definition) is 2. The lowest BCUT2D eigenvalue weighted by molar-refractivity contribution is 0.0955. The van der Waals surface area contributed by atoms with Crippen LogP contribution in [0.4, 0.5) is 0 Å². The van der Waals surface area contributed by atoms with Crippen LogP contribution in [0.15, 0.2) is 18.2 Å². The van der Waals surface area contributed by atoms with Gasteiger partial charge in [-0.15, -0.1) is 0 Å². The number of carbonyl (C=O) groups excluding carboxylic acids is 1. The SMILES string of the molecule is O=C1NCCCc2ccc(O)cc21. The second-order valence-corrected chi connectivity index (χ2v) is 3.20. The molecule has 0 aliphatic carbocycles. The fourth-order valence-corrected chi connectivity index (χ4v) is 1.57. The van der Waals surface area contributed by atoms with Crippen LogP contribution in [0, 0.1) is 0 Å². The van der Waals surface area contributed by atoms with E-state index in [-0.39, 0.29) is 11.7 Å². The number of aryl methyl sites for hydroxylation is 1. The Morgan fingerprint density at radius 3 is 3.08 bits per heavy atom. The molecule has 0 atom stereocenters. The molecule has 0 unspecified atom stereocenters. The first kappa shape index (κ1) is 8.10. The molecule has 2 rings (SSSR count). The number of rotatable bonds is 0. The molecule has 3 heteroatoms. The van der Waals surface area contributed by atoms with Crippen LogP contribution in [0.25, 0.3) is 0 Å². The molecule has 0 fully saturated rings. The van der Waals surface area contributed by atoms with Gasteiger partial charge in [-0.3, -0.25) is 4.79 Å². The first-order valence-electron chi connectivity index (χ1n) is 4.37. The number of benzene rings is 1. The van der Waals surface area contributed by atoms with Gasteiger partial charge in [-0.1, -0.05) is 6.07 Å². The van der Waals surface area contributed by atoms with E-state index in [1.807, 2.05) is 6.07 Å². The number of nitrogens with one attached hydrogen (secondary N) is 1. The average molecular weight is 177 g/mol. The number of amides is 1. The Kier molecular flexibility index (Phi) is 1.93. The summed E-state index contributed by atoms with van der Waals surface area (Å²) in [6, 6.07) is 4.96. The first-order valence-corrected chi connectivity index (χ1v) is 4.37. The molecule has 2 N–H and O–H groups in total. The van der Waals surface area contributed by atoms with Crippen LogP contribution in [0.3, 0.4) is 0 Å². The first-order chi connectivity index (χ1) is 6.27. The van der Waals surface area contributed by atoms with Gasteiger partial charge < -0.3 is 10.4 Å². The topological polar surface area (TPSA) is 49.3 Å². The molecule has 68 valence electrons. The third-order valence-electron chi connectivity index (χ3n) is 2.25. The average Bonchev–Trinajstić information content (AvgIpc) is 2.29. The molecule has 0 bridgehead atoms. The lowest BCUT2D eigenvalue weighted by atomic mass is 10.0. The standard InChI is InChI=1S/C10H11NO2/c12-8-4-3-7-2-1-5-11-10(13)9(7)6-8/h3-4,6,12H,1-2,5H2,(H,11,13). The molecule has 3 nitrogen and oxygen atoms in total. The second kappa shape index (κ2) is 3.09. The number of carbonyl (C=O) groups is 1. The zero-order valence-electron chi connectivity index (χ0n) is 7.21. The highest BCUT2D eigenvalue weighted by atomic mass is 16.3. The van der Waals surface area contributed by atoms with E-state index in [0.29, 0.717) is 12.1 Å². The van der Waals surface area contributed by atoms with Crippen molar-refractivity contribution in [2.24, 2.45) is 0 Å². The Labute approximate surface area is 76.4 Å². The van der Waals surface area contributed by atoms with E-state index in [2.05, 4.69) is 5.32 Å². The number of aromatic hydroxyl groups is 1. The summed E-state index contributed by atoms with van der Waals surface area (Å²) in [5, 5.41) is 12.0. The maximum Gasteiger partial charge on any atom is 0.251 e. The molecule has 0 saturated heterocycles. The Morgan fingerprint density at radius 2 is 2.23 bits per heavy atom. The highest BCUT2D eigenvalue weighted by Gasteiger charge is 2.14. The van der Waals surface area contributed by atoms with Gasteiger partial charge in [0.25, 0.3) is 5.91 Å². The van der Waals surface area contributed by atoms with Crippen LogP contribution in [0.5, 0.6) is 5.75 Å². The highest BCUT2D eigenvalue weighted by molar-refractivity contribution is 5.96. The Hall–Kier alpha value is -1.51. The molecule has 1 amide bonds. The smallest absolute Gasteiger partial charge is 0.251 e. The second-order valence-electron chi connectivity index (χ2n) is 3.20. The van der Waals surface area contributed by atoms with E-state index in [9.17, 15) is 9.90 Å². The fraction of sp³-hybridized carbons (Fsp3) is 0.300. The van der Waals surface area contributed by atoms with Gasteiger partial charge in [0.15, 0.2) is 0 Å². The van der Waals surface area contributed by atoms with Crippen molar-refractivity contribution in [3.05, 3.63) is 29.3 Å². The Morgan fingerprint density at radius 1 is 1.38 bits per heavy atom. The zero-order chi connectivity index (χ0) is 9.26. The van der Waals surface area contributed by atoms with Crippen LogP contribution in [0.2, 0.25) is 0 Å². The molecule has 1 aliphatic heterocycles. The van der Waals surface area contributed by atoms with E-state index in [0.717, 1.165) is 18.4 Å². The minimum atomic E-state index is -0.0802. The summed E-state index contributed by atoms with van der Waals surface area (Å²) in [7, 11) is 0. The van der Waals surface area contributed by atoms with Gasteiger partial charge in [0.05, 0.1) is 0 Å². The number of phenols is 1. The van der Waals surface area contributed by atoms with Crippen LogP contribution in [-0.4, -0.2) is 17.6 Å². The summed E-state index contributed by atoms with van der Waals surface area (Å²) in [6.45, 7) is 0.717. The van der Waals surface area contributed by atoms with Gasteiger partial charge in [-0.05, 0) is 30.5 Å². The van der Waals surface area contributed by atoms with E-state index in [1.165, 1.54) is 6.07 Å². The van der Waals surface area contributed by atoms with Gasteiger partial charge in [0.2, 0.25) is 0 Å². The van der Waals surface area contributed by atoms with Gasteiger partial charge >= 0.3 is 0 Å². The molecule has 0 radical (unpaired) electrons. The third-order valence-corrected chi connectivity index (χ3v) is 2.25. The molecule has 0 saturated carbocycles.